The van der Waals surface area contributed by atoms with Gasteiger partial charge >= 0.3 is 18.0 Å². The smallest absolute Gasteiger partial charge is 0.408 e. The van der Waals surface area contributed by atoms with Gasteiger partial charge in [-0.3, -0.25) is 0 Å². The summed E-state index contributed by atoms with van der Waals surface area (Å²) in [4.78, 5) is 37.5. The van der Waals surface area contributed by atoms with E-state index in [1.165, 1.54) is 0 Å². The van der Waals surface area contributed by atoms with Gasteiger partial charge in [0.1, 0.15) is 17.8 Å². The van der Waals surface area contributed by atoms with Crippen LogP contribution >= 0.6 is 0 Å². The average molecular weight is 436 g/mol. The summed E-state index contributed by atoms with van der Waals surface area (Å²) in [6.45, 7) is 9.19. The van der Waals surface area contributed by atoms with Gasteiger partial charge in [0.25, 0.3) is 0 Å². The number of carbonyl (C=O) groups excluding carboxylic acids is 3. The Morgan fingerprint density at radius 3 is 2.48 bits per heavy atom. The number of cyclic esters (lactones) is 1. The molecule has 1 N–H and O–H groups in total. The quantitative estimate of drug-likeness (QED) is 0.571. The zero-order valence-corrected chi connectivity index (χ0v) is 18.9. The Labute approximate surface area is 183 Å². The van der Waals surface area contributed by atoms with E-state index in [2.05, 4.69) is 5.32 Å². The Balaban J connectivity index is 2.12. The molecule has 1 aromatic carbocycles. The van der Waals surface area contributed by atoms with Crippen LogP contribution in [0.15, 0.2) is 30.3 Å². The summed E-state index contributed by atoms with van der Waals surface area (Å²) >= 11 is 0. The van der Waals surface area contributed by atoms with Crippen LogP contribution in [0.5, 0.6) is 0 Å². The predicted molar refractivity (Wildman–Crippen MR) is 114 cm³/mol. The molecule has 1 saturated heterocycles. The number of esters is 2. The van der Waals surface area contributed by atoms with Crippen LogP contribution in [-0.4, -0.2) is 55.1 Å². The summed E-state index contributed by atoms with van der Waals surface area (Å²) in [5.41, 5.74) is -0.280. The van der Waals surface area contributed by atoms with E-state index in [1.807, 2.05) is 13.0 Å². The zero-order chi connectivity index (χ0) is 23.0. The normalized spacial score (nSPS) is 25.1. The summed E-state index contributed by atoms with van der Waals surface area (Å²) in [7, 11) is 0. The summed E-state index contributed by atoms with van der Waals surface area (Å²) in [5, 5.41) is 2.50. The van der Waals surface area contributed by atoms with Gasteiger partial charge in [0, 0.05) is 12.5 Å². The molecular formula is C23H33NO7. The van der Waals surface area contributed by atoms with Gasteiger partial charge in [0.2, 0.25) is 0 Å². The number of rotatable bonds is 4. The Morgan fingerprint density at radius 2 is 1.87 bits per heavy atom. The molecule has 0 spiro atoms. The first-order chi connectivity index (χ1) is 14.6. The Morgan fingerprint density at radius 1 is 1.19 bits per heavy atom. The molecule has 8 nitrogen and oxygen atoms in total. The predicted octanol–water partition coefficient (Wildman–Crippen LogP) is 3.48. The molecular weight excluding hydrogens is 402 g/mol. The van der Waals surface area contributed by atoms with Crippen molar-refractivity contribution in [1.82, 2.24) is 5.32 Å². The molecule has 0 bridgehead atoms. The molecule has 1 aliphatic rings. The largest absolute Gasteiger partial charge is 0.457 e. The summed E-state index contributed by atoms with van der Waals surface area (Å²) in [5.74, 6) is -1.20. The van der Waals surface area contributed by atoms with Gasteiger partial charge in [0.15, 0.2) is 6.04 Å². The maximum Gasteiger partial charge on any atom is 0.408 e. The van der Waals surface area contributed by atoms with E-state index in [0.717, 1.165) is 6.42 Å². The number of benzene rings is 1. The minimum Gasteiger partial charge on any atom is -0.457 e. The topological polar surface area (TPSA) is 100 Å². The van der Waals surface area contributed by atoms with Crippen LogP contribution in [0.3, 0.4) is 0 Å². The van der Waals surface area contributed by atoms with Crippen molar-refractivity contribution in [1.29, 1.82) is 0 Å². The van der Waals surface area contributed by atoms with E-state index in [1.54, 1.807) is 52.0 Å². The van der Waals surface area contributed by atoms with Gasteiger partial charge < -0.3 is 24.3 Å². The van der Waals surface area contributed by atoms with Crippen LogP contribution in [0.2, 0.25) is 0 Å². The minimum atomic E-state index is -1.03. The molecule has 1 aliphatic heterocycles. The Kier molecular flexibility index (Phi) is 8.86. The van der Waals surface area contributed by atoms with Crippen molar-refractivity contribution in [3.63, 3.8) is 0 Å². The first-order valence-electron chi connectivity index (χ1n) is 10.6. The molecule has 1 heterocycles. The first kappa shape index (κ1) is 24.7. The third-order valence-corrected chi connectivity index (χ3v) is 4.90. The lowest BCUT2D eigenvalue weighted by Gasteiger charge is -2.33. The van der Waals surface area contributed by atoms with Crippen molar-refractivity contribution in [2.75, 3.05) is 13.2 Å². The number of hydrogen-bond acceptors (Lipinski definition) is 7. The molecule has 2 rings (SSSR count). The van der Waals surface area contributed by atoms with Gasteiger partial charge in [-0.25, -0.2) is 14.4 Å². The number of hydrogen-bond donors (Lipinski definition) is 1. The van der Waals surface area contributed by atoms with E-state index >= 15 is 0 Å². The van der Waals surface area contributed by atoms with E-state index in [0.29, 0.717) is 18.6 Å². The van der Waals surface area contributed by atoms with Gasteiger partial charge in [-0.1, -0.05) is 25.1 Å². The highest BCUT2D eigenvalue weighted by atomic mass is 16.6. The van der Waals surface area contributed by atoms with Crippen LogP contribution in [-0.2, 0) is 23.7 Å². The third-order valence-electron chi connectivity index (χ3n) is 4.90. The summed E-state index contributed by atoms with van der Waals surface area (Å²) in [6, 6.07) is 7.64. The molecule has 4 atom stereocenters. The van der Waals surface area contributed by atoms with Gasteiger partial charge in [0.05, 0.1) is 12.2 Å². The number of amides is 1. The fourth-order valence-corrected chi connectivity index (χ4v) is 3.33. The zero-order valence-electron chi connectivity index (χ0n) is 18.9. The van der Waals surface area contributed by atoms with Crippen molar-refractivity contribution in [2.24, 2.45) is 5.92 Å². The minimum absolute atomic E-state index is 0.0320. The highest BCUT2D eigenvalue weighted by Crippen LogP contribution is 2.24. The second kappa shape index (κ2) is 11.1. The molecule has 0 aromatic heterocycles. The highest BCUT2D eigenvalue weighted by Gasteiger charge is 2.36. The molecule has 31 heavy (non-hydrogen) atoms. The maximum atomic E-state index is 12.7. The molecule has 0 radical (unpaired) electrons. The van der Waals surface area contributed by atoms with Crippen LogP contribution in [0.1, 0.15) is 57.8 Å². The Hall–Kier alpha value is -2.61. The van der Waals surface area contributed by atoms with Gasteiger partial charge in [-0.15, -0.1) is 0 Å². The van der Waals surface area contributed by atoms with Crippen molar-refractivity contribution < 1.29 is 33.3 Å². The van der Waals surface area contributed by atoms with E-state index in [-0.39, 0.29) is 12.5 Å². The SMILES string of the molecule is CC[C@H]1CCOC[C@H](NC(=O)OC(C)(C)C)C(=O)O[C@@H](C)[C@@H]1OC(=O)c1ccccc1. The fourth-order valence-electron chi connectivity index (χ4n) is 3.33. The van der Waals surface area contributed by atoms with Crippen molar-refractivity contribution in [2.45, 2.75) is 71.3 Å². The highest BCUT2D eigenvalue weighted by molar-refractivity contribution is 5.89. The fraction of sp³-hybridized carbons (Fsp3) is 0.609. The summed E-state index contributed by atoms with van der Waals surface area (Å²) in [6.07, 6.45) is -0.750. The molecule has 1 amide bonds. The number of alkyl carbamates (subject to hydrolysis) is 1. The van der Waals surface area contributed by atoms with Crippen LogP contribution in [0.25, 0.3) is 0 Å². The second-order valence-electron chi connectivity index (χ2n) is 8.61. The lowest BCUT2D eigenvalue weighted by Crippen LogP contribution is -2.50. The molecule has 0 saturated carbocycles. The van der Waals surface area contributed by atoms with E-state index < -0.39 is 41.9 Å². The van der Waals surface area contributed by atoms with E-state index in [4.69, 9.17) is 18.9 Å². The van der Waals surface area contributed by atoms with Gasteiger partial charge in [-0.2, -0.15) is 0 Å². The molecule has 0 aliphatic carbocycles. The van der Waals surface area contributed by atoms with Crippen molar-refractivity contribution in [3.05, 3.63) is 35.9 Å². The molecule has 1 fully saturated rings. The second-order valence-corrected chi connectivity index (χ2v) is 8.61. The van der Waals surface area contributed by atoms with Crippen LogP contribution < -0.4 is 5.32 Å². The number of carbonyl (C=O) groups is 3. The third kappa shape index (κ3) is 7.86. The van der Waals surface area contributed by atoms with E-state index in [9.17, 15) is 14.4 Å². The Bertz CT molecular complexity index is 744. The standard InChI is InChI=1S/C23H33NO7/c1-6-16-12-13-28-14-18(24-22(27)31-23(3,4)5)21(26)29-15(2)19(16)30-20(25)17-10-8-7-9-11-17/h7-11,15-16,18-19H,6,12-14H2,1-5H3,(H,24,27)/t15-,16-,18-,19-/m0/s1. The summed E-state index contributed by atoms with van der Waals surface area (Å²) < 4.78 is 22.2. The molecule has 8 heteroatoms. The lowest BCUT2D eigenvalue weighted by molar-refractivity contribution is -0.162. The van der Waals surface area contributed by atoms with Gasteiger partial charge in [-0.05, 0) is 52.7 Å². The molecule has 1 aromatic rings. The van der Waals surface area contributed by atoms with Crippen LogP contribution in [0.4, 0.5) is 4.79 Å². The average Bonchev–Trinajstić information content (AvgIpc) is 2.70. The number of nitrogens with one attached hydrogen (secondary N) is 1. The first-order valence-corrected chi connectivity index (χ1v) is 10.6. The maximum absolute atomic E-state index is 12.7. The molecule has 0 unspecified atom stereocenters. The van der Waals surface area contributed by atoms with Crippen LogP contribution in [0, 0.1) is 5.92 Å². The lowest BCUT2D eigenvalue weighted by atomic mass is 9.92. The molecule has 172 valence electrons. The van der Waals surface area contributed by atoms with Crippen molar-refractivity contribution >= 4 is 18.0 Å². The van der Waals surface area contributed by atoms with Crippen molar-refractivity contribution in [3.8, 4) is 0 Å². The monoisotopic (exact) mass is 435 g/mol. The number of ether oxygens (including phenoxy) is 4.